The smallest absolute Gasteiger partial charge is 0.423 e. The molecule has 0 aliphatic carbocycles. The highest BCUT2D eigenvalue weighted by Crippen LogP contribution is 2.13. The SMILES string of the molecule is CCOC(=O)NS(=O)(=O)Oc1ccc(C)cc1. The number of ether oxygens (including phenoxy) is 1. The summed E-state index contributed by atoms with van der Waals surface area (Å²) in [7, 11) is -4.19. The van der Waals surface area contributed by atoms with Gasteiger partial charge in [0.25, 0.3) is 0 Å². The first-order valence-electron chi connectivity index (χ1n) is 4.88. The van der Waals surface area contributed by atoms with E-state index in [0.29, 0.717) is 0 Å². The molecule has 7 heteroatoms. The highest BCUT2D eigenvalue weighted by molar-refractivity contribution is 7.85. The number of benzene rings is 1. The first kappa shape index (κ1) is 13.3. The van der Waals surface area contributed by atoms with Gasteiger partial charge in [-0.3, -0.25) is 0 Å². The van der Waals surface area contributed by atoms with Crippen LogP contribution in [0.4, 0.5) is 4.79 Å². The van der Waals surface area contributed by atoms with Crippen LogP contribution in [0, 0.1) is 6.92 Å². The Kier molecular flexibility index (Phi) is 4.33. The molecule has 0 radical (unpaired) electrons. The second-order valence-corrected chi connectivity index (χ2v) is 4.45. The zero-order valence-corrected chi connectivity index (χ0v) is 10.3. The molecular weight excluding hydrogens is 246 g/mol. The predicted octanol–water partition coefficient (Wildman–Crippen LogP) is 1.36. The molecule has 0 unspecified atom stereocenters. The number of carbonyl (C=O) groups is 1. The highest BCUT2D eigenvalue weighted by Gasteiger charge is 2.17. The Morgan fingerprint density at radius 1 is 1.29 bits per heavy atom. The second-order valence-electron chi connectivity index (χ2n) is 3.17. The van der Waals surface area contributed by atoms with Gasteiger partial charge in [0, 0.05) is 0 Å². The largest absolute Gasteiger partial charge is 0.449 e. The Labute approximate surface area is 99.8 Å². The topological polar surface area (TPSA) is 81.7 Å². The summed E-state index contributed by atoms with van der Waals surface area (Å²) in [4.78, 5) is 10.9. The van der Waals surface area contributed by atoms with Gasteiger partial charge in [-0.2, -0.15) is 13.1 Å². The third kappa shape index (κ3) is 4.73. The van der Waals surface area contributed by atoms with Crippen LogP contribution in [0.2, 0.25) is 0 Å². The molecule has 1 N–H and O–H groups in total. The van der Waals surface area contributed by atoms with E-state index in [0.717, 1.165) is 5.56 Å². The average Bonchev–Trinajstić information content (AvgIpc) is 2.20. The van der Waals surface area contributed by atoms with Crippen molar-refractivity contribution >= 4 is 16.4 Å². The van der Waals surface area contributed by atoms with Gasteiger partial charge in [0.05, 0.1) is 6.61 Å². The number of rotatable bonds is 4. The van der Waals surface area contributed by atoms with E-state index in [2.05, 4.69) is 8.92 Å². The Balaban J connectivity index is 2.66. The van der Waals surface area contributed by atoms with Gasteiger partial charge in [0.1, 0.15) is 5.75 Å². The summed E-state index contributed by atoms with van der Waals surface area (Å²) < 4.78 is 33.3. The van der Waals surface area contributed by atoms with E-state index in [1.54, 1.807) is 23.8 Å². The van der Waals surface area contributed by atoms with E-state index in [9.17, 15) is 13.2 Å². The molecule has 0 spiro atoms. The Bertz CT molecular complexity index is 480. The van der Waals surface area contributed by atoms with Crippen molar-refractivity contribution in [1.82, 2.24) is 4.72 Å². The molecule has 0 fully saturated rings. The first-order chi connectivity index (χ1) is 7.93. The lowest BCUT2D eigenvalue weighted by Crippen LogP contribution is -2.34. The number of aryl methyl sites for hydroxylation is 1. The molecule has 0 bridgehead atoms. The van der Waals surface area contributed by atoms with Crippen molar-refractivity contribution in [3.8, 4) is 5.75 Å². The normalized spacial score (nSPS) is 10.7. The molecule has 0 saturated carbocycles. The quantitative estimate of drug-likeness (QED) is 0.883. The molecule has 94 valence electrons. The monoisotopic (exact) mass is 259 g/mol. The lowest BCUT2D eigenvalue weighted by atomic mass is 10.2. The zero-order valence-electron chi connectivity index (χ0n) is 9.47. The molecular formula is C10H13NO5S. The summed E-state index contributed by atoms with van der Waals surface area (Å²) in [6.07, 6.45) is -1.07. The minimum atomic E-state index is -4.19. The van der Waals surface area contributed by atoms with Gasteiger partial charge in [0.15, 0.2) is 0 Å². The fraction of sp³-hybridized carbons (Fsp3) is 0.300. The lowest BCUT2D eigenvalue weighted by Gasteiger charge is -2.07. The molecule has 0 saturated heterocycles. The zero-order chi connectivity index (χ0) is 12.9. The molecule has 1 aromatic carbocycles. The van der Waals surface area contributed by atoms with Gasteiger partial charge >= 0.3 is 16.4 Å². The van der Waals surface area contributed by atoms with Crippen molar-refractivity contribution in [1.29, 1.82) is 0 Å². The maximum Gasteiger partial charge on any atom is 0.423 e. The average molecular weight is 259 g/mol. The van der Waals surface area contributed by atoms with Crippen LogP contribution in [-0.2, 0) is 15.0 Å². The maximum absolute atomic E-state index is 11.3. The number of carbonyl (C=O) groups excluding carboxylic acids is 1. The standard InChI is InChI=1S/C10H13NO5S/c1-3-15-10(12)11-17(13,14)16-9-6-4-8(2)5-7-9/h4-7H,3H2,1-2H3,(H,11,12). The van der Waals surface area contributed by atoms with Gasteiger partial charge in [-0.05, 0) is 26.0 Å². The van der Waals surface area contributed by atoms with Crippen LogP contribution >= 0.6 is 0 Å². The number of hydrogen-bond donors (Lipinski definition) is 1. The third-order valence-electron chi connectivity index (χ3n) is 1.71. The lowest BCUT2D eigenvalue weighted by molar-refractivity contribution is 0.158. The summed E-state index contributed by atoms with van der Waals surface area (Å²) in [6, 6.07) is 6.35. The van der Waals surface area contributed by atoms with E-state index in [1.165, 1.54) is 12.1 Å². The number of hydrogen-bond acceptors (Lipinski definition) is 5. The Morgan fingerprint density at radius 3 is 2.41 bits per heavy atom. The number of nitrogens with one attached hydrogen (secondary N) is 1. The molecule has 0 atom stereocenters. The first-order valence-corrected chi connectivity index (χ1v) is 6.29. The van der Waals surface area contributed by atoms with E-state index in [-0.39, 0.29) is 12.4 Å². The van der Waals surface area contributed by atoms with Crippen LogP contribution in [0.3, 0.4) is 0 Å². The van der Waals surface area contributed by atoms with Crippen molar-refractivity contribution in [2.24, 2.45) is 0 Å². The van der Waals surface area contributed by atoms with Crippen molar-refractivity contribution in [2.75, 3.05) is 6.61 Å². The molecule has 0 heterocycles. The molecule has 1 aromatic rings. The molecule has 1 rings (SSSR count). The summed E-state index contributed by atoms with van der Waals surface area (Å²) in [5.74, 6) is 0.118. The fourth-order valence-corrected chi connectivity index (χ4v) is 1.67. The number of amides is 1. The highest BCUT2D eigenvalue weighted by atomic mass is 32.2. The molecule has 0 aliphatic heterocycles. The Hall–Kier alpha value is -1.76. The molecule has 1 amide bonds. The van der Waals surface area contributed by atoms with Crippen molar-refractivity contribution < 1.29 is 22.1 Å². The maximum atomic E-state index is 11.3. The molecule has 0 aliphatic rings. The Morgan fingerprint density at radius 2 is 1.88 bits per heavy atom. The van der Waals surface area contributed by atoms with Gasteiger partial charge in [-0.15, -0.1) is 0 Å². The van der Waals surface area contributed by atoms with Gasteiger partial charge in [-0.1, -0.05) is 17.7 Å². The van der Waals surface area contributed by atoms with Crippen LogP contribution in [0.1, 0.15) is 12.5 Å². The predicted molar refractivity (Wildman–Crippen MR) is 60.9 cm³/mol. The van der Waals surface area contributed by atoms with E-state index < -0.39 is 16.4 Å². The van der Waals surface area contributed by atoms with E-state index >= 15 is 0 Å². The van der Waals surface area contributed by atoms with Crippen LogP contribution in [0.5, 0.6) is 5.75 Å². The summed E-state index contributed by atoms with van der Waals surface area (Å²) in [6.45, 7) is 3.49. The van der Waals surface area contributed by atoms with Crippen LogP contribution in [-0.4, -0.2) is 21.1 Å². The summed E-state index contributed by atoms with van der Waals surface area (Å²) in [5.41, 5.74) is 0.966. The molecule has 6 nitrogen and oxygen atoms in total. The van der Waals surface area contributed by atoms with Crippen molar-refractivity contribution in [2.45, 2.75) is 13.8 Å². The minimum Gasteiger partial charge on any atom is -0.449 e. The van der Waals surface area contributed by atoms with Crippen molar-refractivity contribution in [3.05, 3.63) is 29.8 Å². The van der Waals surface area contributed by atoms with Crippen LogP contribution in [0.15, 0.2) is 24.3 Å². The van der Waals surface area contributed by atoms with Crippen LogP contribution < -0.4 is 8.91 Å². The van der Waals surface area contributed by atoms with Crippen LogP contribution in [0.25, 0.3) is 0 Å². The van der Waals surface area contributed by atoms with Crippen molar-refractivity contribution in [3.63, 3.8) is 0 Å². The fourth-order valence-electron chi connectivity index (χ4n) is 1.00. The summed E-state index contributed by atoms with van der Waals surface area (Å²) >= 11 is 0. The summed E-state index contributed by atoms with van der Waals surface area (Å²) in [5, 5.41) is 0. The van der Waals surface area contributed by atoms with E-state index in [4.69, 9.17) is 0 Å². The van der Waals surface area contributed by atoms with Gasteiger partial charge in [0.2, 0.25) is 0 Å². The van der Waals surface area contributed by atoms with E-state index in [1.807, 2.05) is 6.92 Å². The van der Waals surface area contributed by atoms with Gasteiger partial charge < -0.3 is 8.92 Å². The minimum absolute atomic E-state index is 0.0753. The van der Waals surface area contributed by atoms with Gasteiger partial charge in [-0.25, -0.2) is 4.79 Å². The second kappa shape index (κ2) is 5.53. The molecule has 0 aromatic heterocycles. The molecule has 17 heavy (non-hydrogen) atoms. The third-order valence-corrected chi connectivity index (χ3v) is 2.54.